The number of nitrogens with zero attached hydrogens (tertiary/aromatic N) is 5. The summed E-state index contributed by atoms with van der Waals surface area (Å²) in [7, 11) is 0. The van der Waals surface area contributed by atoms with Crippen LogP contribution in [-0.2, 0) is 23.2 Å². The molecular weight excluding hydrogens is 415 g/mol. The molecule has 1 aliphatic carbocycles. The van der Waals surface area contributed by atoms with Gasteiger partial charge < -0.3 is 10.2 Å². The average Bonchev–Trinajstić information content (AvgIpc) is 3.18. The van der Waals surface area contributed by atoms with Crippen molar-refractivity contribution < 1.29 is 9.18 Å². The summed E-state index contributed by atoms with van der Waals surface area (Å²) in [5.74, 6) is 0.489. The van der Waals surface area contributed by atoms with Gasteiger partial charge in [0.1, 0.15) is 22.3 Å². The van der Waals surface area contributed by atoms with Crippen LogP contribution in [0.4, 0.5) is 10.2 Å². The molecule has 4 heterocycles. The van der Waals surface area contributed by atoms with Crippen LogP contribution in [0.25, 0.3) is 10.7 Å². The first-order valence-electron chi connectivity index (χ1n) is 10.5. The van der Waals surface area contributed by atoms with E-state index in [9.17, 15) is 9.18 Å². The molecule has 0 bridgehead atoms. The Morgan fingerprint density at radius 2 is 2.16 bits per heavy atom. The van der Waals surface area contributed by atoms with Crippen LogP contribution in [0.15, 0.2) is 30.5 Å². The van der Waals surface area contributed by atoms with Crippen LogP contribution in [0, 0.1) is 5.82 Å². The fourth-order valence-corrected chi connectivity index (χ4v) is 5.34. The minimum absolute atomic E-state index is 0.0886. The number of rotatable bonds is 5. The minimum Gasteiger partial charge on any atom is -0.368 e. The number of hydrogen-bond acceptors (Lipinski definition) is 7. The summed E-state index contributed by atoms with van der Waals surface area (Å²) in [5, 5.41) is 12.8. The van der Waals surface area contributed by atoms with Gasteiger partial charge in [0.2, 0.25) is 5.91 Å². The topological polar surface area (TPSA) is 83.9 Å². The number of aromatic nitrogens is 4. The van der Waals surface area contributed by atoms with Crippen LogP contribution >= 0.6 is 11.3 Å². The third-order valence-corrected chi connectivity index (χ3v) is 7.34. The number of thiazole rings is 1. The highest BCUT2D eigenvalue weighted by Gasteiger charge is 2.41. The van der Waals surface area contributed by atoms with Gasteiger partial charge in [0, 0.05) is 42.9 Å². The van der Waals surface area contributed by atoms with E-state index < -0.39 is 0 Å². The highest BCUT2D eigenvalue weighted by molar-refractivity contribution is 7.15. The molecule has 7 nitrogen and oxygen atoms in total. The highest BCUT2D eigenvalue weighted by Crippen LogP contribution is 2.43. The summed E-state index contributed by atoms with van der Waals surface area (Å²) in [4.78, 5) is 23.6. The second-order valence-electron chi connectivity index (χ2n) is 8.20. The van der Waals surface area contributed by atoms with E-state index in [2.05, 4.69) is 20.5 Å². The van der Waals surface area contributed by atoms with Crippen molar-refractivity contribution in [2.75, 3.05) is 18.4 Å². The maximum Gasteiger partial charge on any atom is 0.219 e. The van der Waals surface area contributed by atoms with Gasteiger partial charge in [0.15, 0.2) is 0 Å². The molecule has 5 rings (SSSR count). The molecule has 1 aliphatic heterocycles. The van der Waals surface area contributed by atoms with Gasteiger partial charge in [-0.2, -0.15) is 0 Å². The van der Waals surface area contributed by atoms with E-state index in [0.717, 1.165) is 41.3 Å². The molecule has 9 heteroatoms. The fourth-order valence-electron chi connectivity index (χ4n) is 4.25. The number of nitrogens with one attached hydrogen (secondary N) is 1. The zero-order chi connectivity index (χ0) is 21.4. The van der Waals surface area contributed by atoms with Crippen molar-refractivity contribution in [1.29, 1.82) is 0 Å². The third-order valence-electron chi connectivity index (χ3n) is 6.24. The second kappa shape index (κ2) is 7.96. The van der Waals surface area contributed by atoms with Crippen molar-refractivity contribution in [2.45, 2.75) is 44.6 Å². The van der Waals surface area contributed by atoms with Crippen LogP contribution in [-0.4, -0.2) is 44.1 Å². The smallest absolute Gasteiger partial charge is 0.219 e. The molecule has 1 fully saturated rings. The second-order valence-corrected chi connectivity index (χ2v) is 9.29. The maximum absolute atomic E-state index is 14.3. The lowest BCUT2D eigenvalue weighted by Gasteiger charge is -2.41. The standard InChI is InChI=1S/C22H23FN6OS/c1-14(30)29-11-7-16-18(12-29)31-21(26-16)17-5-6-19(28-27-17)25-13-22(8-3-9-22)20-15(23)4-2-10-24-20/h2,4-6,10H,3,7-9,11-13H2,1H3,(H,25,28). The molecule has 0 spiro atoms. The Bertz CT molecular complexity index is 1110. The zero-order valence-corrected chi connectivity index (χ0v) is 18.1. The lowest BCUT2D eigenvalue weighted by molar-refractivity contribution is -0.129. The molecule has 0 radical (unpaired) electrons. The largest absolute Gasteiger partial charge is 0.368 e. The number of anilines is 1. The van der Waals surface area contributed by atoms with Crippen LogP contribution in [0.3, 0.4) is 0 Å². The molecule has 0 saturated heterocycles. The van der Waals surface area contributed by atoms with Gasteiger partial charge in [0.25, 0.3) is 0 Å². The molecule has 0 unspecified atom stereocenters. The monoisotopic (exact) mass is 438 g/mol. The van der Waals surface area contributed by atoms with Crippen molar-refractivity contribution in [3.05, 3.63) is 52.5 Å². The molecule has 3 aromatic heterocycles. The molecule has 0 aromatic carbocycles. The number of halogens is 1. The maximum atomic E-state index is 14.3. The zero-order valence-electron chi connectivity index (χ0n) is 17.3. The number of fused-ring (bicyclic) bond motifs is 1. The van der Waals surface area contributed by atoms with E-state index in [1.807, 2.05) is 17.0 Å². The Morgan fingerprint density at radius 1 is 1.29 bits per heavy atom. The number of pyridine rings is 1. The number of amides is 1. The van der Waals surface area contributed by atoms with Gasteiger partial charge in [-0.15, -0.1) is 21.5 Å². The predicted molar refractivity (Wildman–Crippen MR) is 116 cm³/mol. The lowest BCUT2D eigenvalue weighted by atomic mass is 9.66. The van der Waals surface area contributed by atoms with Crippen molar-refractivity contribution >= 4 is 23.1 Å². The van der Waals surface area contributed by atoms with E-state index in [-0.39, 0.29) is 17.1 Å². The van der Waals surface area contributed by atoms with E-state index >= 15 is 0 Å². The summed E-state index contributed by atoms with van der Waals surface area (Å²) < 4.78 is 14.3. The average molecular weight is 439 g/mol. The number of carbonyl (C=O) groups is 1. The van der Waals surface area contributed by atoms with Gasteiger partial charge >= 0.3 is 0 Å². The van der Waals surface area contributed by atoms with E-state index in [0.29, 0.717) is 36.8 Å². The summed E-state index contributed by atoms with van der Waals surface area (Å²) in [6.45, 7) is 3.49. The van der Waals surface area contributed by atoms with Crippen molar-refractivity contribution in [3.8, 4) is 10.7 Å². The Kier molecular flexibility index (Phi) is 5.13. The molecule has 3 aromatic rings. The van der Waals surface area contributed by atoms with Crippen molar-refractivity contribution in [3.63, 3.8) is 0 Å². The fraction of sp³-hybridized carbons (Fsp3) is 0.409. The first-order chi connectivity index (χ1) is 15.0. The SMILES string of the molecule is CC(=O)N1CCc2nc(-c3ccc(NCC4(c5ncccc5F)CCC4)nn3)sc2C1. The van der Waals surface area contributed by atoms with Crippen molar-refractivity contribution in [2.24, 2.45) is 0 Å². The summed E-state index contributed by atoms with van der Waals surface area (Å²) >= 11 is 1.57. The Balaban J connectivity index is 1.28. The lowest BCUT2D eigenvalue weighted by Crippen LogP contribution is -2.42. The van der Waals surface area contributed by atoms with Gasteiger partial charge in [0.05, 0.1) is 17.9 Å². The van der Waals surface area contributed by atoms with Gasteiger partial charge in [-0.05, 0) is 37.1 Å². The van der Waals surface area contributed by atoms with Crippen molar-refractivity contribution in [1.82, 2.24) is 25.1 Å². The van der Waals surface area contributed by atoms with E-state index in [1.54, 1.807) is 30.5 Å². The Morgan fingerprint density at radius 3 is 2.84 bits per heavy atom. The predicted octanol–water partition coefficient (Wildman–Crippen LogP) is 3.57. The van der Waals surface area contributed by atoms with Crippen LogP contribution < -0.4 is 5.32 Å². The molecule has 1 saturated carbocycles. The summed E-state index contributed by atoms with van der Waals surface area (Å²) in [6.07, 6.45) is 5.29. The molecule has 0 atom stereocenters. The van der Waals surface area contributed by atoms with Gasteiger partial charge in [-0.3, -0.25) is 9.78 Å². The molecule has 1 amide bonds. The highest BCUT2D eigenvalue weighted by atomic mass is 32.1. The minimum atomic E-state index is -0.289. The summed E-state index contributed by atoms with van der Waals surface area (Å²) in [6, 6.07) is 6.88. The number of carbonyl (C=O) groups excluding carboxylic acids is 1. The first-order valence-corrected chi connectivity index (χ1v) is 11.3. The van der Waals surface area contributed by atoms with Crippen LogP contribution in [0.5, 0.6) is 0 Å². The quantitative estimate of drug-likeness (QED) is 0.656. The number of hydrogen-bond donors (Lipinski definition) is 1. The molecule has 160 valence electrons. The molecule has 1 N–H and O–H groups in total. The molecular formula is C22H23FN6OS. The van der Waals surface area contributed by atoms with Gasteiger partial charge in [-0.1, -0.05) is 6.42 Å². The van der Waals surface area contributed by atoms with E-state index in [1.165, 1.54) is 6.07 Å². The van der Waals surface area contributed by atoms with E-state index in [4.69, 9.17) is 4.98 Å². The summed E-state index contributed by atoms with van der Waals surface area (Å²) in [5.41, 5.74) is 2.01. The first kappa shape index (κ1) is 20.0. The normalized spacial score (nSPS) is 17.0. The molecule has 2 aliphatic rings. The Hall–Kier alpha value is -2.94. The van der Waals surface area contributed by atoms with Crippen LogP contribution in [0.1, 0.15) is 42.5 Å². The molecule has 31 heavy (non-hydrogen) atoms. The Labute approximate surface area is 183 Å². The van der Waals surface area contributed by atoms with Gasteiger partial charge in [-0.25, -0.2) is 9.37 Å². The third kappa shape index (κ3) is 3.78. The van der Waals surface area contributed by atoms with Crippen LogP contribution in [0.2, 0.25) is 0 Å².